The first-order chi connectivity index (χ1) is 9.30. The molecular formula is C15H20Cl2O3. The van der Waals surface area contributed by atoms with Crippen molar-refractivity contribution in [3.63, 3.8) is 0 Å². The number of aliphatic hydroxyl groups is 1. The summed E-state index contributed by atoms with van der Waals surface area (Å²) in [5.41, 5.74) is -1.25. The van der Waals surface area contributed by atoms with Crippen LogP contribution in [0.25, 0.3) is 0 Å². The molecule has 0 amide bonds. The van der Waals surface area contributed by atoms with Crippen LogP contribution in [0.2, 0.25) is 0 Å². The Morgan fingerprint density at radius 1 is 1.35 bits per heavy atom. The molecule has 4 aliphatic rings. The van der Waals surface area contributed by atoms with Gasteiger partial charge in [0.2, 0.25) is 4.33 Å². The van der Waals surface area contributed by atoms with Crippen molar-refractivity contribution in [2.45, 2.75) is 48.5 Å². The van der Waals surface area contributed by atoms with Gasteiger partial charge in [-0.1, -0.05) is 35.9 Å². The molecule has 0 aliphatic heterocycles. The van der Waals surface area contributed by atoms with Gasteiger partial charge in [0.15, 0.2) is 0 Å². The van der Waals surface area contributed by atoms with Gasteiger partial charge in [0.25, 0.3) is 0 Å². The van der Waals surface area contributed by atoms with Crippen LogP contribution in [0.1, 0.15) is 38.5 Å². The van der Waals surface area contributed by atoms with Gasteiger partial charge < -0.3 is 9.84 Å². The number of ether oxygens (including phenoxy) is 1. The van der Waals surface area contributed by atoms with Crippen molar-refractivity contribution < 1.29 is 14.6 Å². The highest BCUT2D eigenvalue weighted by Crippen LogP contribution is 2.67. The van der Waals surface area contributed by atoms with Crippen molar-refractivity contribution >= 4 is 29.2 Å². The Balaban J connectivity index is 1.88. The summed E-state index contributed by atoms with van der Waals surface area (Å²) in [5.74, 6) is 0.238. The number of rotatable bonds is 4. The van der Waals surface area contributed by atoms with Gasteiger partial charge in [-0.2, -0.15) is 0 Å². The molecule has 0 heterocycles. The zero-order valence-corrected chi connectivity index (χ0v) is 12.9. The predicted molar refractivity (Wildman–Crippen MR) is 77.7 cm³/mol. The topological polar surface area (TPSA) is 46.5 Å². The minimum absolute atomic E-state index is 0.104. The molecular weight excluding hydrogens is 299 g/mol. The number of carbonyl (C=O) groups excluding carboxylic acids is 1. The standard InChI is InChI=1S/C15H20Cl2O3/c1-2-3-20-12(18)15(16,17)13-5-10-4-11(6-13)8-14(19,7-10)9-13/h2,10-11,19H,1,3-9H2. The number of carbonyl (C=O) groups is 1. The largest absolute Gasteiger partial charge is 0.459 e. The van der Waals surface area contributed by atoms with E-state index in [2.05, 4.69) is 6.58 Å². The van der Waals surface area contributed by atoms with Crippen LogP contribution < -0.4 is 0 Å². The molecule has 0 radical (unpaired) electrons. The maximum Gasteiger partial charge on any atom is 0.343 e. The third-order valence-corrected chi connectivity index (χ3v) is 6.40. The number of alkyl halides is 2. The fraction of sp³-hybridized carbons (Fsp3) is 0.800. The Morgan fingerprint density at radius 2 is 1.95 bits per heavy atom. The maximum atomic E-state index is 12.2. The van der Waals surface area contributed by atoms with E-state index in [1.165, 1.54) is 6.08 Å². The van der Waals surface area contributed by atoms with Crippen LogP contribution in [0.5, 0.6) is 0 Å². The van der Waals surface area contributed by atoms with E-state index < -0.39 is 21.3 Å². The van der Waals surface area contributed by atoms with E-state index in [9.17, 15) is 9.90 Å². The Hall–Kier alpha value is -0.250. The summed E-state index contributed by atoms with van der Waals surface area (Å²) in [7, 11) is 0. The van der Waals surface area contributed by atoms with E-state index in [4.69, 9.17) is 27.9 Å². The lowest BCUT2D eigenvalue weighted by Gasteiger charge is -2.62. The minimum Gasteiger partial charge on any atom is -0.459 e. The predicted octanol–water partition coefficient (Wildman–Crippen LogP) is 3.22. The number of halogens is 2. The summed E-state index contributed by atoms with van der Waals surface area (Å²) in [6, 6.07) is 0. The summed E-state index contributed by atoms with van der Waals surface area (Å²) in [6.07, 6.45) is 6.37. The average molecular weight is 319 g/mol. The Labute approximate surface area is 129 Å². The normalized spacial score (nSPS) is 42.5. The van der Waals surface area contributed by atoms with E-state index in [0.717, 1.165) is 32.1 Å². The molecule has 0 aromatic heterocycles. The molecule has 0 aromatic rings. The van der Waals surface area contributed by atoms with E-state index in [-0.39, 0.29) is 6.61 Å². The lowest BCUT2D eigenvalue weighted by Crippen LogP contribution is -2.62. The molecule has 4 aliphatic carbocycles. The second kappa shape index (κ2) is 4.62. The lowest BCUT2D eigenvalue weighted by molar-refractivity contribution is -0.179. The van der Waals surface area contributed by atoms with Crippen molar-refractivity contribution in [2.75, 3.05) is 6.61 Å². The van der Waals surface area contributed by atoms with Crippen LogP contribution >= 0.6 is 23.2 Å². The summed E-state index contributed by atoms with van der Waals surface area (Å²) in [5, 5.41) is 10.7. The molecule has 4 fully saturated rings. The van der Waals surface area contributed by atoms with Gasteiger partial charge >= 0.3 is 5.97 Å². The van der Waals surface area contributed by atoms with Crippen molar-refractivity contribution in [2.24, 2.45) is 17.3 Å². The third-order valence-electron chi connectivity index (χ3n) is 5.28. The molecule has 112 valence electrons. The van der Waals surface area contributed by atoms with Crippen LogP contribution in [0, 0.1) is 17.3 Å². The van der Waals surface area contributed by atoms with Gasteiger partial charge in [0.05, 0.1) is 5.60 Å². The Morgan fingerprint density at radius 3 is 2.45 bits per heavy atom. The zero-order chi connectivity index (χ0) is 14.6. The molecule has 4 saturated carbocycles. The molecule has 2 atom stereocenters. The molecule has 4 rings (SSSR count). The van der Waals surface area contributed by atoms with Crippen LogP contribution in [0.3, 0.4) is 0 Å². The highest BCUT2D eigenvalue weighted by molar-refractivity contribution is 6.58. The van der Waals surface area contributed by atoms with Gasteiger partial charge in [-0.25, -0.2) is 4.79 Å². The first-order valence-electron chi connectivity index (χ1n) is 7.19. The van der Waals surface area contributed by atoms with Gasteiger partial charge in [0, 0.05) is 5.41 Å². The smallest absolute Gasteiger partial charge is 0.343 e. The number of hydrogen-bond acceptors (Lipinski definition) is 3. The first-order valence-corrected chi connectivity index (χ1v) is 7.94. The lowest BCUT2D eigenvalue weighted by atomic mass is 9.47. The molecule has 4 bridgehead atoms. The maximum absolute atomic E-state index is 12.2. The van der Waals surface area contributed by atoms with Crippen molar-refractivity contribution in [3.8, 4) is 0 Å². The van der Waals surface area contributed by atoms with Gasteiger partial charge in [-0.15, -0.1) is 0 Å². The van der Waals surface area contributed by atoms with Crippen molar-refractivity contribution in [3.05, 3.63) is 12.7 Å². The minimum atomic E-state index is -1.58. The first kappa shape index (κ1) is 14.7. The molecule has 20 heavy (non-hydrogen) atoms. The summed E-state index contributed by atoms with van der Waals surface area (Å²) in [6.45, 7) is 3.62. The monoisotopic (exact) mass is 318 g/mol. The second-order valence-electron chi connectivity index (χ2n) is 6.93. The Kier molecular flexibility index (Phi) is 3.39. The summed E-state index contributed by atoms with van der Waals surface area (Å²) < 4.78 is 3.49. The number of esters is 1. The zero-order valence-electron chi connectivity index (χ0n) is 11.4. The highest BCUT2D eigenvalue weighted by atomic mass is 35.5. The fourth-order valence-corrected chi connectivity index (χ4v) is 5.57. The van der Waals surface area contributed by atoms with E-state index in [1.54, 1.807) is 0 Å². The number of hydrogen-bond donors (Lipinski definition) is 1. The van der Waals surface area contributed by atoms with Gasteiger partial charge in [-0.05, 0) is 50.4 Å². The molecule has 5 heteroatoms. The molecule has 0 spiro atoms. The van der Waals surface area contributed by atoms with Gasteiger partial charge in [0.1, 0.15) is 6.61 Å². The quantitative estimate of drug-likeness (QED) is 0.492. The summed E-state index contributed by atoms with van der Waals surface area (Å²) in [4.78, 5) is 12.2. The highest BCUT2D eigenvalue weighted by Gasteiger charge is 2.66. The molecule has 1 N–H and O–H groups in total. The van der Waals surface area contributed by atoms with Gasteiger partial charge in [-0.3, -0.25) is 0 Å². The van der Waals surface area contributed by atoms with Crippen LogP contribution in [0.15, 0.2) is 12.7 Å². The van der Waals surface area contributed by atoms with Crippen LogP contribution in [-0.4, -0.2) is 27.6 Å². The Bertz CT molecular complexity index is 432. The van der Waals surface area contributed by atoms with Crippen molar-refractivity contribution in [1.82, 2.24) is 0 Å². The van der Waals surface area contributed by atoms with E-state index in [1.807, 2.05) is 0 Å². The third kappa shape index (κ3) is 2.10. The molecule has 0 aromatic carbocycles. The molecule has 0 saturated heterocycles. The SMILES string of the molecule is C=CCOC(=O)C(Cl)(Cl)C12CC3CC(CC(O)(C3)C1)C2. The van der Waals surface area contributed by atoms with Crippen LogP contribution in [0.4, 0.5) is 0 Å². The van der Waals surface area contributed by atoms with Crippen LogP contribution in [-0.2, 0) is 9.53 Å². The summed E-state index contributed by atoms with van der Waals surface area (Å²) >= 11 is 12.9. The second-order valence-corrected chi connectivity index (χ2v) is 8.25. The van der Waals surface area contributed by atoms with E-state index >= 15 is 0 Å². The molecule has 3 nitrogen and oxygen atoms in total. The molecule has 2 unspecified atom stereocenters. The fourth-order valence-electron chi connectivity index (χ4n) is 5.02. The average Bonchev–Trinajstić information content (AvgIpc) is 2.32. The van der Waals surface area contributed by atoms with Crippen molar-refractivity contribution in [1.29, 1.82) is 0 Å². The van der Waals surface area contributed by atoms with E-state index in [0.29, 0.717) is 18.3 Å².